The predicted molar refractivity (Wildman–Crippen MR) is 264 cm³/mol. The van der Waals surface area contributed by atoms with E-state index >= 15 is 0 Å². The van der Waals surface area contributed by atoms with Crippen LogP contribution in [0.3, 0.4) is 0 Å². The van der Waals surface area contributed by atoms with Crippen LogP contribution in [0.5, 0.6) is 17.2 Å². The van der Waals surface area contributed by atoms with E-state index in [9.17, 15) is 27.6 Å². The number of pyridine rings is 1. The molecule has 2 aromatic heterocycles. The first-order valence-electron chi connectivity index (χ1n) is 24.6. The van der Waals surface area contributed by atoms with Crippen LogP contribution in [0.4, 0.5) is 11.5 Å². The Morgan fingerprint density at radius 2 is 1.46 bits per heavy atom. The zero-order valence-corrected chi connectivity index (χ0v) is 40.7. The van der Waals surface area contributed by atoms with Gasteiger partial charge in [-0.2, -0.15) is 0 Å². The number of likely N-dealkylation sites (tertiary alicyclic amines) is 2. The van der Waals surface area contributed by atoms with E-state index in [4.69, 9.17) is 9.47 Å². The molecule has 2 N–H and O–H groups in total. The van der Waals surface area contributed by atoms with Crippen LogP contribution in [0.25, 0.3) is 11.0 Å². The second-order valence-corrected chi connectivity index (χ2v) is 21.1. The molecule has 0 spiro atoms. The molecule has 4 fully saturated rings. The highest BCUT2D eigenvalue weighted by Crippen LogP contribution is 2.37. The van der Waals surface area contributed by atoms with E-state index in [1.807, 2.05) is 30.0 Å². The Balaban J connectivity index is 0.750. The summed E-state index contributed by atoms with van der Waals surface area (Å²) in [6.45, 7) is 9.04. The molecule has 69 heavy (non-hydrogen) atoms. The number of imide groups is 1. The topological polar surface area (TPSA) is 177 Å². The highest BCUT2D eigenvalue weighted by atomic mass is 32.2. The molecule has 0 bridgehead atoms. The van der Waals surface area contributed by atoms with Crippen LogP contribution in [-0.2, 0) is 33.7 Å². The maximum Gasteiger partial charge on any atom is 0.328 e. The standard InChI is InChI=1S/C52H64N8O8S/c1-4-27-67-40-8-6-9-41(31-40)68-47-33-46-45(56(2)52(64)57(46)3)32-44(47)55-69(65,66)42-10-5-7-39(29-42)51(63)60-25-16-36(17-26-60)28-35-14-21-58(22-15-35)34-37-18-23-59(24-19-37)48-30-38(13-20-53-48)43-11-12-49(61)54-50(43)62/h5-10,13,20,29-33,35-37,43,55H,4,11-12,14-19,21-28,34H2,1-3H3,(H,54,61,62). The molecule has 6 heterocycles. The fourth-order valence-corrected chi connectivity index (χ4v) is 11.7. The SMILES string of the molecule is CCCOc1cccc(Oc2cc3c(cc2NS(=O)(=O)c2cccc(C(=O)N4CCC(CC5CCN(CC6CCN(c7cc(C8CCC(=O)NC8=O)ccn7)CC6)CC5)CC4)c2)n(C)c(=O)n3C)c1. The summed E-state index contributed by atoms with van der Waals surface area (Å²) in [7, 11) is -0.946. The van der Waals surface area contributed by atoms with Gasteiger partial charge >= 0.3 is 5.69 Å². The van der Waals surface area contributed by atoms with Crippen molar-refractivity contribution in [3.8, 4) is 17.2 Å². The van der Waals surface area contributed by atoms with E-state index in [0.29, 0.717) is 78.4 Å². The molecular formula is C52H64N8O8S. The minimum Gasteiger partial charge on any atom is -0.493 e. The minimum absolute atomic E-state index is 0.0605. The maximum absolute atomic E-state index is 14.1. The molecule has 1 unspecified atom stereocenters. The van der Waals surface area contributed by atoms with Gasteiger partial charge in [0.25, 0.3) is 15.9 Å². The van der Waals surface area contributed by atoms with Gasteiger partial charge in [-0.1, -0.05) is 19.1 Å². The summed E-state index contributed by atoms with van der Waals surface area (Å²) in [6, 6.07) is 20.4. The summed E-state index contributed by atoms with van der Waals surface area (Å²) in [5, 5.41) is 2.47. The lowest BCUT2D eigenvalue weighted by atomic mass is 9.82. The van der Waals surface area contributed by atoms with Gasteiger partial charge in [-0.3, -0.25) is 33.6 Å². The van der Waals surface area contributed by atoms with Crippen LogP contribution in [0.15, 0.2) is 88.7 Å². The second-order valence-electron chi connectivity index (χ2n) is 19.4. The molecule has 4 saturated heterocycles. The number of hydrogen-bond acceptors (Lipinski definition) is 11. The van der Waals surface area contributed by atoms with Crippen LogP contribution in [-0.4, -0.2) is 102 Å². The molecule has 3 aromatic carbocycles. The fourth-order valence-electron chi connectivity index (χ4n) is 10.6. The van der Waals surface area contributed by atoms with Gasteiger partial charge < -0.3 is 24.2 Å². The molecule has 0 radical (unpaired) electrons. The van der Waals surface area contributed by atoms with E-state index in [-0.39, 0.29) is 45.7 Å². The third kappa shape index (κ3) is 11.0. The molecule has 3 amide bonds. The number of rotatable bonds is 15. The third-order valence-electron chi connectivity index (χ3n) is 14.7. The summed E-state index contributed by atoms with van der Waals surface area (Å²) in [4.78, 5) is 62.3. The average molecular weight is 961 g/mol. The molecule has 0 aliphatic carbocycles. The van der Waals surface area contributed by atoms with E-state index in [2.05, 4.69) is 24.8 Å². The van der Waals surface area contributed by atoms with E-state index in [1.165, 1.54) is 40.5 Å². The molecule has 1 atom stereocenters. The zero-order chi connectivity index (χ0) is 48.2. The number of fused-ring (bicyclic) bond motifs is 1. The van der Waals surface area contributed by atoms with Gasteiger partial charge in [0.1, 0.15) is 17.3 Å². The summed E-state index contributed by atoms with van der Waals surface area (Å²) in [5.41, 5.74) is 2.18. The number of piperidine rings is 4. The number of aryl methyl sites for hydroxylation is 2. The van der Waals surface area contributed by atoms with Crippen molar-refractivity contribution >= 4 is 50.3 Å². The average Bonchev–Trinajstić information content (AvgIpc) is 3.56. The number of carbonyl (C=O) groups is 3. The first kappa shape index (κ1) is 47.8. The van der Waals surface area contributed by atoms with Crippen LogP contribution in [0.1, 0.15) is 93.0 Å². The van der Waals surface area contributed by atoms with Gasteiger partial charge in [0.05, 0.1) is 34.1 Å². The van der Waals surface area contributed by atoms with E-state index < -0.39 is 10.0 Å². The van der Waals surface area contributed by atoms with E-state index in [1.54, 1.807) is 62.8 Å². The molecule has 16 nitrogen and oxygen atoms in total. The number of benzene rings is 3. The van der Waals surface area contributed by atoms with Crippen molar-refractivity contribution < 1.29 is 32.3 Å². The number of nitrogens with one attached hydrogen (secondary N) is 2. The van der Waals surface area contributed by atoms with Gasteiger partial charge in [0, 0.05) is 77.1 Å². The van der Waals surface area contributed by atoms with Crippen LogP contribution >= 0.6 is 0 Å². The number of amides is 3. The van der Waals surface area contributed by atoms with Gasteiger partial charge in [-0.05, 0) is 143 Å². The lowest BCUT2D eigenvalue weighted by molar-refractivity contribution is -0.134. The number of anilines is 2. The first-order chi connectivity index (χ1) is 33.3. The quantitative estimate of drug-likeness (QED) is 0.103. The molecule has 366 valence electrons. The number of ether oxygens (including phenoxy) is 2. The van der Waals surface area contributed by atoms with Gasteiger partial charge in [0.2, 0.25) is 11.8 Å². The van der Waals surface area contributed by atoms with Crippen molar-refractivity contribution in [1.82, 2.24) is 29.2 Å². The Hall–Kier alpha value is -6.20. The largest absolute Gasteiger partial charge is 0.493 e. The Bertz CT molecular complexity index is 2860. The Morgan fingerprint density at radius 1 is 0.783 bits per heavy atom. The number of imidazole rings is 1. The molecule has 5 aromatic rings. The van der Waals surface area contributed by atoms with Crippen molar-refractivity contribution in [3.05, 3.63) is 101 Å². The van der Waals surface area contributed by atoms with Crippen molar-refractivity contribution in [3.63, 3.8) is 0 Å². The zero-order valence-electron chi connectivity index (χ0n) is 39.9. The van der Waals surface area contributed by atoms with Crippen molar-refractivity contribution in [2.45, 2.75) is 81.9 Å². The number of sulfonamides is 1. The fraction of sp³-hybridized carbons (Fsp3) is 0.481. The first-order valence-corrected chi connectivity index (χ1v) is 26.1. The number of carbonyl (C=O) groups excluding carboxylic acids is 3. The Kier molecular flexibility index (Phi) is 14.4. The number of aromatic nitrogens is 3. The molecule has 9 rings (SSSR count). The third-order valence-corrected chi connectivity index (χ3v) is 16.0. The van der Waals surface area contributed by atoms with Crippen molar-refractivity contribution in [1.29, 1.82) is 0 Å². The number of nitrogens with zero attached hydrogens (tertiary/aromatic N) is 6. The molecule has 0 saturated carbocycles. The predicted octanol–water partition coefficient (Wildman–Crippen LogP) is 7.05. The Morgan fingerprint density at radius 3 is 2.19 bits per heavy atom. The summed E-state index contributed by atoms with van der Waals surface area (Å²) in [6.07, 6.45) is 11.1. The minimum atomic E-state index is -4.22. The van der Waals surface area contributed by atoms with Crippen LogP contribution in [0, 0.1) is 17.8 Å². The normalized spacial score (nSPS) is 19.2. The van der Waals surface area contributed by atoms with E-state index in [0.717, 1.165) is 76.2 Å². The van der Waals surface area contributed by atoms with Gasteiger partial charge in [0.15, 0.2) is 5.75 Å². The highest BCUT2D eigenvalue weighted by Gasteiger charge is 2.32. The Labute approximate surface area is 404 Å². The van der Waals surface area contributed by atoms with Crippen LogP contribution in [0.2, 0.25) is 0 Å². The monoisotopic (exact) mass is 960 g/mol. The summed E-state index contributed by atoms with van der Waals surface area (Å²) < 4.78 is 45.9. The molecule has 4 aliphatic rings. The van der Waals surface area contributed by atoms with Gasteiger partial charge in [-0.15, -0.1) is 0 Å². The lowest BCUT2D eigenvalue weighted by Gasteiger charge is -2.39. The number of hydrogen-bond donors (Lipinski definition) is 2. The highest BCUT2D eigenvalue weighted by molar-refractivity contribution is 7.92. The molecule has 4 aliphatic heterocycles. The molecular weight excluding hydrogens is 897 g/mol. The maximum atomic E-state index is 14.1. The van der Waals surface area contributed by atoms with Crippen molar-refractivity contribution in [2.24, 2.45) is 31.8 Å². The molecule has 17 heteroatoms. The lowest BCUT2D eigenvalue weighted by Crippen LogP contribution is -2.42. The van der Waals surface area contributed by atoms with Crippen LogP contribution < -0.4 is 30.1 Å². The second kappa shape index (κ2) is 20.8. The summed E-state index contributed by atoms with van der Waals surface area (Å²) in [5.74, 6) is 3.11. The van der Waals surface area contributed by atoms with Crippen molar-refractivity contribution in [2.75, 3.05) is 62.0 Å². The van der Waals surface area contributed by atoms with Gasteiger partial charge in [-0.25, -0.2) is 18.2 Å². The summed E-state index contributed by atoms with van der Waals surface area (Å²) >= 11 is 0. The smallest absolute Gasteiger partial charge is 0.328 e.